The molecule has 8 heteroatoms. The van der Waals surface area contributed by atoms with Crippen molar-refractivity contribution in [2.24, 2.45) is 12.0 Å². The van der Waals surface area contributed by atoms with Gasteiger partial charge in [-0.15, -0.1) is 0 Å². The Morgan fingerprint density at radius 1 is 1.15 bits per heavy atom. The summed E-state index contributed by atoms with van der Waals surface area (Å²) < 4.78 is 32.5. The van der Waals surface area contributed by atoms with Crippen molar-refractivity contribution in [2.75, 3.05) is 12.9 Å². The topological polar surface area (TPSA) is 77.7 Å². The maximum Gasteiger partial charge on any atom is 0.263 e. The molecule has 0 N–H and O–H groups in total. The first-order valence-electron chi connectivity index (χ1n) is 7.84. The van der Waals surface area contributed by atoms with E-state index in [1.807, 2.05) is 24.3 Å². The number of nitrogens with zero attached hydrogens (tertiary/aromatic N) is 2. The molecule has 0 spiro atoms. The first-order chi connectivity index (χ1) is 12.4. The highest BCUT2D eigenvalue weighted by Gasteiger charge is 2.18. The molecule has 136 valence electrons. The van der Waals surface area contributed by atoms with E-state index in [0.717, 1.165) is 10.2 Å². The van der Waals surface area contributed by atoms with Crippen LogP contribution >= 0.6 is 11.3 Å². The molecule has 0 aliphatic rings. The average molecular weight is 390 g/mol. The van der Waals surface area contributed by atoms with Gasteiger partial charge >= 0.3 is 0 Å². The van der Waals surface area contributed by atoms with E-state index >= 15 is 0 Å². The first kappa shape index (κ1) is 18.3. The number of aryl methyl sites for hydroxylation is 1. The van der Waals surface area contributed by atoms with Gasteiger partial charge in [0.05, 0.1) is 17.6 Å². The fourth-order valence-corrected chi connectivity index (χ4v) is 4.94. The van der Waals surface area contributed by atoms with Crippen LogP contribution in [0.2, 0.25) is 0 Å². The Morgan fingerprint density at radius 2 is 1.88 bits per heavy atom. The van der Waals surface area contributed by atoms with E-state index in [2.05, 4.69) is 4.99 Å². The number of methoxy groups -OCH3 is 1. The Kier molecular flexibility index (Phi) is 5.24. The van der Waals surface area contributed by atoms with Gasteiger partial charge in [0.25, 0.3) is 5.91 Å². The van der Waals surface area contributed by atoms with E-state index in [-0.39, 0.29) is 5.75 Å². The van der Waals surface area contributed by atoms with Crippen LogP contribution in [-0.4, -0.2) is 31.8 Å². The average Bonchev–Trinajstić information content (AvgIpc) is 2.90. The Labute approximate surface area is 155 Å². The van der Waals surface area contributed by atoms with Gasteiger partial charge in [0.15, 0.2) is 14.6 Å². The van der Waals surface area contributed by atoms with Crippen LogP contribution in [0.3, 0.4) is 0 Å². The van der Waals surface area contributed by atoms with E-state index in [9.17, 15) is 13.2 Å². The zero-order valence-electron chi connectivity index (χ0n) is 14.4. The van der Waals surface area contributed by atoms with Crippen LogP contribution < -0.4 is 9.54 Å². The number of fused-ring (bicyclic) bond motifs is 1. The fraction of sp³-hybridized carbons (Fsp3) is 0.222. The molecule has 6 nitrogen and oxygen atoms in total. The van der Waals surface area contributed by atoms with E-state index in [0.29, 0.717) is 16.1 Å². The third-order valence-corrected chi connectivity index (χ3v) is 6.36. The molecule has 0 atom stereocenters. The van der Waals surface area contributed by atoms with Gasteiger partial charge in [0.2, 0.25) is 0 Å². The highest BCUT2D eigenvalue weighted by Crippen LogP contribution is 2.26. The van der Waals surface area contributed by atoms with Crippen molar-refractivity contribution in [1.82, 2.24) is 4.57 Å². The molecular weight excluding hydrogens is 372 g/mol. The minimum Gasteiger partial charge on any atom is -0.495 e. The highest BCUT2D eigenvalue weighted by molar-refractivity contribution is 7.91. The first-order valence-corrected chi connectivity index (χ1v) is 10.5. The van der Waals surface area contributed by atoms with Crippen molar-refractivity contribution < 1.29 is 17.9 Å². The zero-order chi connectivity index (χ0) is 18.7. The lowest BCUT2D eigenvalue weighted by molar-refractivity contribution is -0.115. The standard InChI is InChI=1S/C18H18N2O4S2/c1-20-17-14(24-2)9-6-10-15(17)25-18(20)19-16(21)12-26(22,23)11-13-7-4-3-5-8-13/h3-10H,11-12H2,1-2H3. The normalized spacial score (nSPS) is 12.5. The molecule has 0 fully saturated rings. The van der Waals surface area contributed by atoms with Crippen molar-refractivity contribution in [3.63, 3.8) is 0 Å². The summed E-state index contributed by atoms with van der Waals surface area (Å²) in [5.74, 6) is -0.803. The van der Waals surface area contributed by atoms with Crippen LogP contribution in [0, 0.1) is 0 Å². The summed E-state index contributed by atoms with van der Waals surface area (Å²) in [5, 5.41) is 0. The number of sulfone groups is 1. The molecule has 26 heavy (non-hydrogen) atoms. The highest BCUT2D eigenvalue weighted by atomic mass is 32.2. The molecule has 0 bridgehead atoms. The number of carbonyl (C=O) groups excluding carboxylic acids is 1. The molecular formula is C18H18N2O4S2. The Balaban J connectivity index is 1.87. The summed E-state index contributed by atoms with van der Waals surface area (Å²) in [7, 11) is -0.239. The molecule has 0 aliphatic carbocycles. The van der Waals surface area contributed by atoms with Gasteiger partial charge in [-0.05, 0) is 17.7 Å². The van der Waals surface area contributed by atoms with Crippen molar-refractivity contribution in [3.8, 4) is 5.75 Å². The minimum atomic E-state index is -3.58. The Hall–Kier alpha value is -2.45. The quantitative estimate of drug-likeness (QED) is 0.670. The number of benzene rings is 2. The molecule has 0 aliphatic heterocycles. The molecule has 1 amide bonds. The van der Waals surface area contributed by atoms with E-state index in [1.54, 1.807) is 43.0 Å². The smallest absolute Gasteiger partial charge is 0.263 e. The van der Waals surface area contributed by atoms with Gasteiger partial charge in [-0.1, -0.05) is 47.7 Å². The van der Waals surface area contributed by atoms with Gasteiger partial charge in [-0.2, -0.15) is 4.99 Å². The summed E-state index contributed by atoms with van der Waals surface area (Å²) in [6, 6.07) is 14.4. The molecule has 1 aromatic heterocycles. The SMILES string of the molecule is COc1cccc2sc(=NC(=O)CS(=O)(=O)Cc3ccccc3)n(C)c12. The number of aromatic nitrogens is 1. The molecule has 1 heterocycles. The van der Waals surface area contributed by atoms with Gasteiger partial charge in [-0.3, -0.25) is 4.79 Å². The fourth-order valence-electron chi connectivity index (χ4n) is 2.65. The van der Waals surface area contributed by atoms with Gasteiger partial charge in [0, 0.05) is 7.05 Å². The molecule has 3 aromatic rings. The number of carbonyl (C=O) groups is 1. The summed E-state index contributed by atoms with van der Waals surface area (Å²) in [4.78, 5) is 16.7. The van der Waals surface area contributed by atoms with Gasteiger partial charge in [0.1, 0.15) is 17.0 Å². The lowest BCUT2D eigenvalue weighted by atomic mass is 10.2. The number of para-hydroxylation sites is 1. The maximum absolute atomic E-state index is 12.3. The monoisotopic (exact) mass is 390 g/mol. The predicted molar refractivity (Wildman–Crippen MR) is 102 cm³/mol. The van der Waals surface area contributed by atoms with Crippen molar-refractivity contribution in [1.29, 1.82) is 0 Å². The van der Waals surface area contributed by atoms with Crippen LogP contribution in [-0.2, 0) is 27.4 Å². The number of ether oxygens (including phenoxy) is 1. The second-order valence-corrected chi connectivity index (χ2v) is 8.85. The summed E-state index contributed by atoms with van der Waals surface area (Å²) in [6.45, 7) is 0. The van der Waals surface area contributed by atoms with Gasteiger partial charge in [-0.25, -0.2) is 8.42 Å². The lowest BCUT2D eigenvalue weighted by Gasteiger charge is -2.03. The van der Waals surface area contributed by atoms with Crippen LogP contribution in [0.1, 0.15) is 5.56 Å². The number of hydrogen-bond donors (Lipinski definition) is 0. The number of hydrogen-bond acceptors (Lipinski definition) is 5. The largest absolute Gasteiger partial charge is 0.495 e. The molecule has 3 rings (SSSR count). The third-order valence-electron chi connectivity index (χ3n) is 3.80. The molecule has 2 aromatic carbocycles. The summed E-state index contributed by atoms with van der Waals surface area (Å²) >= 11 is 1.31. The number of thiazole rings is 1. The predicted octanol–water partition coefficient (Wildman–Crippen LogP) is 2.29. The lowest BCUT2D eigenvalue weighted by Crippen LogP contribution is -2.20. The van der Waals surface area contributed by atoms with Crippen molar-refractivity contribution in [2.45, 2.75) is 5.75 Å². The molecule has 0 unspecified atom stereocenters. The molecule has 0 saturated heterocycles. The zero-order valence-corrected chi connectivity index (χ0v) is 16.0. The maximum atomic E-state index is 12.3. The van der Waals surface area contributed by atoms with E-state index in [4.69, 9.17) is 4.74 Å². The Bertz CT molecular complexity index is 1110. The second kappa shape index (κ2) is 7.43. The number of amides is 1. The molecule has 0 radical (unpaired) electrons. The minimum absolute atomic E-state index is 0.179. The summed E-state index contributed by atoms with van der Waals surface area (Å²) in [6.07, 6.45) is 0. The second-order valence-electron chi connectivity index (χ2n) is 5.77. The van der Waals surface area contributed by atoms with E-state index < -0.39 is 21.5 Å². The Morgan fingerprint density at radius 3 is 2.58 bits per heavy atom. The van der Waals surface area contributed by atoms with Crippen LogP contribution in [0.4, 0.5) is 0 Å². The van der Waals surface area contributed by atoms with Crippen molar-refractivity contribution >= 4 is 37.3 Å². The van der Waals surface area contributed by atoms with Crippen molar-refractivity contribution in [3.05, 3.63) is 58.9 Å². The number of rotatable bonds is 5. The van der Waals surface area contributed by atoms with Crippen LogP contribution in [0.5, 0.6) is 5.75 Å². The van der Waals surface area contributed by atoms with E-state index in [1.165, 1.54) is 11.3 Å². The van der Waals surface area contributed by atoms with Crippen LogP contribution in [0.25, 0.3) is 10.2 Å². The van der Waals surface area contributed by atoms with Crippen LogP contribution in [0.15, 0.2) is 53.5 Å². The summed E-state index contributed by atoms with van der Waals surface area (Å²) in [5.41, 5.74) is 1.47. The molecule has 0 saturated carbocycles. The van der Waals surface area contributed by atoms with Gasteiger partial charge < -0.3 is 9.30 Å². The third kappa shape index (κ3) is 4.03.